The van der Waals surface area contributed by atoms with Crippen LogP contribution in [0.5, 0.6) is 11.5 Å². The molecule has 0 amide bonds. The molecule has 0 spiro atoms. The molecule has 0 N–H and O–H groups in total. The van der Waals surface area contributed by atoms with Crippen LogP contribution >= 0.6 is 23.3 Å². The SMILES string of the molecule is CCOc1cc2c(cc1OC)SC(C)(C)c1snnc1-2. The first-order valence-electron chi connectivity index (χ1n) is 6.44. The number of hydrogen-bond acceptors (Lipinski definition) is 6. The summed E-state index contributed by atoms with van der Waals surface area (Å²) >= 11 is 3.28. The molecule has 20 heavy (non-hydrogen) atoms. The highest BCUT2D eigenvalue weighted by molar-refractivity contribution is 8.00. The zero-order chi connectivity index (χ0) is 14.3. The van der Waals surface area contributed by atoms with Crippen molar-refractivity contribution in [1.82, 2.24) is 9.59 Å². The van der Waals surface area contributed by atoms with E-state index < -0.39 is 0 Å². The normalized spacial score (nSPS) is 15.4. The molecule has 0 unspecified atom stereocenters. The maximum Gasteiger partial charge on any atom is 0.161 e. The van der Waals surface area contributed by atoms with Crippen LogP contribution in [0.3, 0.4) is 0 Å². The van der Waals surface area contributed by atoms with Gasteiger partial charge in [0, 0.05) is 10.5 Å². The minimum absolute atomic E-state index is 0.0192. The van der Waals surface area contributed by atoms with Gasteiger partial charge in [-0.2, -0.15) is 0 Å². The molecule has 0 saturated heterocycles. The highest BCUT2D eigenvalue weighted by Gasteiger charge is 2.36. The number of benzene rings is 1. The lowest BCUT2D eigenvalue weighted by molar-refractivity contribution is 0.310. The molecule has 1 aromatic carbocycles. The highest BCUT2D eigenvalue weighted by atomic mass is 32.2. The van der Waals surface area contributed by atoms with Crippen molar-refractivity contribution in [3.63, 3.8) is 0 Å². The van der Waals surface area contributed by atoms with Crippen molar-refractivity contribution in [1.29, 1.82) is 0 Å². The summed E-state index contributed by atoms with van der Waals surface area (Å²) in [5.74, 6) is 1.52. The van der Waals surface area contributed by atoms with Gasteiger partial charge in [-0.25, -0.2) is 0 Å². The van der Waals surface area contributed by atoms with Crippen molar-refractivity contribution >= 4 is 23.3 Å². The predicted octanol–water partition coefficient (Wildman–Crippen LogP) is 3.95. The van der Waals surface area contributed by atoms with Crippen LogP contribution in [0.15, 0.2) is 17.0 Å². The van der Waals surface area contributed by atoms with E-state index in [1.165, 1.54) is 16.4 Å². The Balaban J connectivity index is 2.20. The third kappa shape index (κ3) is 2.07. The zero-order valence-corrected chi connectivity index (χ0v) is 13.5. The molecular weight excluding hydrogens is 292 g/mol. The number of nitrogens with zero attached hydrogens (tertiary/aromatic N) is 2. The van der Waals surface area contributed by atoms with E-state index in [9.17, 15) is 0 Å². The number of methoxy groups -OCH3 is 1. The Kier molecular flexibility index (Phi) is 3.38. The molecule has 2 aromatic rings. The fourth-order valence-corrected chi connectivity index (χ4v) is 4.39. The summed E-state index contributed by atoms with van der Waals surface area (Å²) in [5.41, 5.74) is 2.06. The van der Waals surface area contributed by atoms with E-state index in [0.29, 0.717) is 6.61 Å². The van der Waals surface area contributed by atoms with Gasteiger partial charge in [0.15, 0.2) is 11.5 Å². The molecule has 2 heterocycles. The Hall–Kier alpha value is -1.27. The molecule has 1 aliphatic rings. The summed E-state index contributed by atoms with van der Waals surface area (Å²) in [6, 6.07) is 4.05. The number of rotatable bonds is 3. The maximum atomic E-state index is 5.66. The summed E-state index contributed by atoms with van der Waals surface area (Å²) in [6.07, 6.45) is 0. The zero-order valence-electron chi connectivity index (χ0n) is 11.9. The fraction of sp³-hybridized carbons (Fsp3) is 0.429. The number of aromatic nitrogens is 2. The molecule has 0 fully saturated rings. The molecule has 0 atom stereocenters. The van der Waals surface area contributed by atoms with E-state index >= 15 is 0 Å². The molecule has 3 rings (SSSR count). The summed E-state index contributed by atoms with van der Waals surface area (Å²) in [6.45, 7) is 6.97. The van der Waals surface area contributed by atoms with Gasteiger partial charge < -0.3 is 9.47 Å². The fourth-order valence-electron chi connectivity index (χ4n) is 2.32. The van der Waals surface area contributed by atoms with E-state index in [-0.39, 0.29) is 4.75 Å². The van der Waals surface area contributed by atoms with Crippen molar-refractivity contribution in [2.75, 3.05) is 13.7 Å². The van der Waals surface area contributed by atoms with Crippen LogP contribution in [-0.2, 0) is 4.75 Å². The Bertz CT molecular complexity index is 653. The molecule has 1 aliphatic heterocycles. The smallest absolute Gasteiger partial charge is 0.161 e. The molecule has 106 valence electrons. The largest absolute Gasteiger partial charge is 0.493 e. The van der Waals surface area contributed by atoms with Crippen molar-refractivity contribution in [2.24, 2.45) is 0 Å². The predicted molar refractivity (Wildman–Crippen MR) is 81.9 cm³/mol. The van der Waals surface area contributed by atoms with E-state index in [1.54, 1.807) is 7.11 Å². The Morgan fingerprint density at radius 1 is 1.25 bits per heavy atom. The minimum Gasteiger partial charge on any atom is -0.493 e. The molecule has 0 bridgehead atoms. The summed E-state index contributed by atoms with van der Waals surface area (Å²) in [7, 11) is 1.67. The van der Waals surface area contributed by atoms with Crippen LogP contribution in [-0.4, -0.2) is 23.3 Å². The summed E-state index contributed by atoms with van der Waals surface area (Å²) in [5, 5.41) is 4.31. The van der Waals surface area contributed by atoms with E-state index in [0.717, 1.165) is 27.7 Å². The van der Waals surface area contributed by atoms with Gasteiger partial charge in [0.05, 0.1) is 23.3 Å². The molecule has 6 heteroatoms. The molecule has 0 aliphatic carbocycles. The Morgan fingerprint density at radius 2 is 2.05 bits per heavy atom. The van der Waals surface area contributed by atoms with Gasteiger partial charge in [-0.1, -0.05) is 4.49 Å². The Morgan fingerprint density at radius 3 is 2.75 bits per heavy atom. The lowest BCUT2D eigenvalue weighted by Crippen LogP contribution is -2.15. The molecule has 4 nitrogen and oxygen atoms in total. The van der Waals surface area contributed by atoms with Crippen LogP contribution in [0.25, 0.3) is 11.3 Å². The second-order valence-electron chi connectivity index (χ2n) is 5.00. The molecule has 0 saturated carbocycles. The van der Waals surface area contributed by atoms with E-state index in [4.69, 9.17) is 9.47 Å². The van der Waals surface area contributed by atoms with Gasteiger partial charge in [-0.3, -0.25) is 0 Å². The summed E-state index contributed by atoms with van der Waals surface area (Å²) in [4.78, 5) is 2.37. The van der Waals surface area contributed by atoms with Gasteiger partial charge in [-0.05, 0) is 44.4 Å². The van der Waals surface area contributed by atoms with E-state index in [2.05, 4.69) is 23.4 Å². The van der Waals surface area contributed by atoms with Gasteiger partial charge in [0.25, 0.3) is 0 Å². The van der Waals surface area contributed by atoms with Crippen molar-refractivity contribution < 1.29 is 9.47 Å². The second kappa shape index (κ2) is 4.93. The van der Waals surface area contributed by atoms with Gasteiger partial charge >= 0.3 is 0 Å². The van der Waals surface area contributed by atoms with Crippen LogP contribution in [0.2, 0.25) is 0 Å². The first kappa shape index (κ1) is 13.7. The number of hydrogen-bond donors (Lipinski definition) is 0. The van der Waals surface area contributed by atoms with Crippen molar-refractivity contribution in [3.8, 4) is 22.8 Å². The highest BCUT2D eigenvalue weighted by Crippen LogP contribution is 2.55. The quantitative estimate of drug-likeness (QED) is 0.859. The molecule has 1 aromatic heterocycles. The van der Waals surface area contributed by atoms with Crippen LogP contribution in [0.1, 0.15) is 25.6 Å². The topological polar surface area (TPSA) is 44.2 Å². The number of ether oxygens (including phenoxy) is 2. The minimum atomic E-state index is -0.0192. The van der Waals surface area contributed by atoms with Crippen molar-refractivity contribution in [3.05, 3.63) is 17.0 Å². The Labute approximate surface area is 126 Å². The van der Waals surface area contributed by atoms with Gasteiger partial charge in [-0.15, -0.1) is 16.9 Å². The van der Waals surface area contributed by atoms with Gasteiger partial charge in [0.2, 0.25) is 0 Å². The molecule has 0 radical (unpaired) electrons. The lowest BCUT2D eigenvalue weighted by Gasteiger charge is -2.29. The first-order chi connectivity index (χ1) is 9.56. The lowest BCUT2D eigenvalue weighted by atomic mass is 10.0. The standard InChI is InChI=1S/C14H16N2O2S2/c1-5-18-10-6-8-11(7-9(10)17-4)19-14(2,3)13-12(8)15-16-20-13/h6-7H,5H2,1-4H3. The van der Waals surface area contributed by atoms with Crippen molar-refractivity contribution in [2.45, 2.75) is 30.4 Å². The first-order valence-corrected chi connectivity index (χ1v) is 8.03. The average Bonchev–Trinajstić information content (AvgIpc) is 2.89. The van der Waals surface area contributed by atoms with Crippen LogP contribution in [0, 0.1) is 0 Å². The van der Waals surface area contributed by atoms with Gasteiger partial charge in [0.1, 0.15) is 5.69 Å². The van der Waals surface area contributed by atoms with Crippen LogP contribution in [0.4, 0.5) is 0 Å². The monoisotopic (exact) mass is 308 g/mol. The number of fused-ring (bicyclic) bond motifs is 3. The second-order valence-corrected chi connectivity index (χ2v) is 7.41. The van der Waals surface area contributed by atoms with Crippen LogP contribution < -0.4 is 9.47 Å². The maximum absolute atomic E-state index is 5.66. The third-order valence-electron chi connectivity index (χ3n) is 3.22. The third-order valence-corrected chi connectivity index (χ3v) is 5.67. The number of thioether (sulfide) groups is 1. The average molecular weight is 308 g/mol. The molecular formula is C14H16N2O2S2. The summed E-state index contributed by atoms with van der Waals surface area (Å²) < 4.78 is 15.2. The van der Waals surface area contributed by atoms with E-state index in [1.807, 2.05) is 30.8 Å².